The summed E-state index contributed by atoms with van der Waals surface area (Å²) >= 11 is 0. The Balaban J connectivity index is 1.70. The molecule has 138 valence electrons. The predicted octanol–water partition coefficient (Wildman–Crippen LogP) is 1.11. The van der Waals surface area contributed by atoms with Crippen molar-refractivity contribution in [1.82, 2.24) is 10.2 Å². The molecule has 0 spiro atoms. The van der Waals surface area contributed by atoms with Gasteiger partial charge in [-0.3, -0.25) is 9.59 Å². The average Bonchev–Trinajstić information content (AvgIpc) is 2.65. The minimum Gasteiger partial charge on any atom is -0.497 e. The van der Waals surface area contributed by atoms with Gasteiger partial charge in [-0.25, -0.2) is 0 Å². The van der Waals surface area contributed by atoms with Gasteiger partial charge in [0.15, 0.2) is 0 Å². The number of hydrogen-bond donors (Lipinski definition) is 2. The van der Waals surface area contributed by atoms with E-state index in [9.17, 15) is 9.59 Å². The van der Waals surface area contributed by atoms with E-state index in [0.717, 1.165) is 39.1 Å². The summed E-state index contributed by atoms with van der Waals surface area (Å²) in [4.78, 5) is 26.3. The van der Waals surface area contributed by atoms with Gasteiger partial charge < -0.3 is 25.0 Å². The fraction of sp³-hybridized carbons (Fsp3) is 0.556. The standard InChI is InChI=1S/C18H27N3O4/c1-24-11-10-21-8-6-14(7-9-21)13-19-17(22)18(23)20-15-4-3-5-16(12-15)25-2/h3-5,12,14H,6-11,13H2,1-2H3,(H,19,22)(H,20,23). The third-order valence-electron chi connectivity index (χ3n) is 4.40. The van der Waals surface area contributed by atoms with Crippen molar-refractivity contribution in [2.75, 3.05) is 52.3 Å². The summed E-state index contributed by atoms with van der Waals surface area (Å²) < 4.78 is 10.2. The van der Waals surface area contributed by atoms with E-state index in [1.165, 1.54) is 0 Å². The van der Waals surface area contributed by atoms with Gasteiger partial charge >= 0.3 is 11.8 Å². The molecule has 2 amide bonds. The molecule has 0 aliphatic carbocycles. The molecule has 1 aromatic rings. The third-order valence-corrected chi connectivity index (χ3v) is 4.40. The SMILES string of the molecule is COCCN1CCC(CNC(=O)C(=O)Nc2cccc(OC)c2)CC1. The lowest BCUT2D eigenvalue weighted by Gasteiger charge is -2.31. The van der Waals surface area contributed by atoms with Gasteiger partial charge in [0.1, 0.15) is 5.75 Å². The highest BCUT2D eigenvalue weighted by Crippen LogP contribution is 2.17. The molecule has 0 unspecified atom stereocenters. The monoisotopic (exact) mass is 349 g/mol. The Bertz CT molecular complexity index is 571. The Morgan fingerprint density at radius 2 is 1.96 bits per heavy atom. The number of ether oxygens (including phenoxy) is 2. The lowest BCUT2D eigenvalue weighted by atomic mass is 9.97. The predicted molar refractivity (Wildman–Crippen MR) is 95.7 cm³/mol. The van der Waals surface area contributed by atoms with Crippen molar-refractivity contribution >= 4 is 17.5 Å². The Kier molecular flexibility index (Phi) is 7.69. The number of carbonyl (C=O) groups excluding carboxylic acids is 2. The van der Waals surface area contributed by atoms with Crippen LogP contribution in [0.1, 0.15) is 12.8 Å². The third kappa shape index (κ3) is 6.36. The summed E-state index contributed by atoms with van der Waals surface area (Å²) in [7, 11) is 3.26. The second kappa shape index (κ2) is 10.0. The van der Waals surface area contributed by atoms with Crippen LogP contribution in [-0.2, 0) is 14.3 Å². The average molecular weight is 349 g/mol. The maximum absolute atomic E-state index is 12.0. The second-order valence-corrected chi connectivity index (χ2v) is 6.17. The van der Waals surface area contributed by atoms with Crippen LogP contribution in [0, 0.1) is 5.92 Å². The first-order valence-corrected chi connectivity index (χ1v) is 8.57. The van der Waals surface area contributed by atoms with Crippen LogP contribution in [-0.4, -0.2) is 63.7 Å². The minimum absolute atomic E-state index is 0.410. The fourth-order valence-corrected chi connectivity index (χ4v) is 2.84. The van der Waals surface area contributed by atoms with Crippen LogP contribution >= 0.6 is 0 Å². The van der Waals surface area contributed by atoms with Gasteiger partial charge in [-0.1, -0.05) is 6.07 Å². The smallest absolute Gasteiger partial charge is 0.313 e. The Morgan fingerprint density at radius 1 is 1.20 bits per heavy atom. The molecule has 0 saturated carbocycles. The molecule has 25 heavy (non-hydrogen) atoms. The van der Waals surface area contributed by atoms with E-state index in [-0.39, 0.29) is 0 Å². The van der Waals surface area contributed by atoms with Crippen molar-refractivity contribution in [1.29, 1.82) is 0 Å². The first-order chi connectivity index (χ1) is 12.1. The van der Waals surface area contributed by atoms with Crippen molar-refractivity contribution in [3.63, 3.8) is 0 Å². The zero-order chi connectivity index (χ0) is 18.1. The topological polar surface area (TPSA) is 79.9 Å². The van der Waals surface area contributed by atoms with E-state index in [1.807, 2.05) is 0 Å². The molecule has 1 saturated heterocycles. The number of nitrogens with one attached hydrogen (secondary N) is 2. The molecule has 0 aromatic heterocycles. The lowest BCUT2D eigenvalue weighted by Crippen LogP contribution is -2.42. The van der Waals surface area contributed by atoms with Crippen LogP contribution in [0.3, 0.4) is 0 Å². The van der Waals surface area contributed by atoms with Gasteiger partial charge in [0.25, 0.3) is 0 Å². The number of methoxy groups -OCH3 is 2. The molecule has 0 atom stereocenters. The van der Waals surface area contributed by atoms with Crippen molar-refractivity contribution in [3.05, 3.63) is 24.3 Å². The van der Waals surface area contributed by atoms with Crippen LogP contribution in [0.15, 0.2) is 24.3 Å². The van der Waals surface area contributed by atoms with E-state index < -0.39 is 11.8 Å². The summed E-state index contributed by atoms with van der Waals surface area (Å²) in [5, 5.41) is 5.31. The number of benzene rings is 1. The van der Waals surface area contributed by atoms with Crippen LogP contribution in [0.4, 0.5) is 5.69 Å². The van der Waals surface area contributed by atoms with Gasteiger partial charge in [0.05, 0.1) is 13.7 Å². The molecule has 1 heterocycles. The van der Waals surface area contributed by atoms with Crippen LogP contribution in [0.5, 0.6) is 5.75 Å². The molecular formula is C18H27N3O4. The van der Waals surface area contributed by atoms with Crippen LogP contribution in [0.2, 0.25) is 0 Å². The molecule has 0 bridgehead atoms. The summed E-state index contributed by atoms with van der Waals surface area (Å²) in [6.07, 6.45) is 2.03. The van der Waals surface area contributed by atoms with Gasteiger partial charge in [0.2, 0.25) is 0 Å². The van der Waals surface area contributed by atoms with E-state index in [4.69, 9.17) is 9.47 Å². The first-order valence-electron chi connectivity index (χ1n) is 8.57. The highest BCUT2D eigenvalue weighted by molar-refractivity contribution is 6.39. The van der Waals surface area contributed by atoms with Gasteiger partial charge in [-0.05, 0) is 44.0 Å². The molecule has 1 aliphatic rings. The van der Waals surface area contributed by atoms with Crippen LogP contribution < -0.4 is 15.4 Å². The Hall–Kier alpha value is -2.12. The Labute approximate surface area is 148 Å². The summed E-state index contributed by atoms with van der Waals surface area (Å²) in [6.45, 7) is 4.21. The number of hydrogen-bond acceptors (Lipinski definition) is 5. The number of carbonyl (C=O) groups is 2. The molecular weight excluding hydrogens is 322 g/mol. The van der Waals surface area contributed by atoms with Crippen molar-refractivity contribution in [3.8, 4) is 5.75 Å². The van der Waals surface area contributed by atoms with E-state index in [2.05, 4.69) is 15.5 Å². The van der Waals surface area contributed by atoms with Crippen molar-refractivity contribution < 1.29 is 19.1 Å². The van der Waals surface area contributed by atoms with Gasteiger partial charge in [-0.2, -0.15) is 0 Å². The number of anilines is 1. The van der Waals surface area contributed by atoms with E-state index in [0.29, 0.717) is 23.9 Å². The number of amides is 2. The highest BCUT2D eigenvalue weighted by Gasteiger charge is 2.21. The lowest BCUT2D eigenvalue weighted by molar-refractivity contribution is -0.136. The molecule has 0 radical (unpaired) electrons. The molecule has 1 aromatic carbocycles. The minimum atomic E-state index is -0.661. The summed E-state index contributed by atoms with van der Waals surface area (Å²) in [6, 6.07) is 6.91. The molecule has 7 nitrogen and oxygen atoms in total. The maximum Gasteiger partial charge on any atom is 0.313 e. The largest absolute Gasteiger partial charge is 0.497 e. The zero-order valence-electron chi connectivity index (χ0n) is 14.9. The van der Waals surface area contributed by atoms with Gasteiger partial charge in [-0.15, -0.1) is 0 Å². The quantitative estimate of drug-likeness (QED) is 0.721. The number of nitrogens with zero attached hydrogens (tertiary/aromatic N) is 1. The molecule has 1 aliphatic heterocycles. The maximum atomic E-state index is 12.0. The molecule has 1 fully saturated rings. The summed E-state index contributed by atoms with van der Waals surface area (Å²) in [5.41, 5.74) is 0.533. The van der Waals surface area contributed by atoms with E-state index in [1.54, 1.807) is 38.5 Å². The van der Waals surface area contributed by atoms with Crippen molar-refractivity contribution in [2.45, 2.75) is 12.8 Å². The molecule has 7 heteroatoms. The molecule has 2 N–H and O–H groups in total. The second-order valence-electron chi connectivity index (χ2n) is 6.17. The highest BCUT2D eigenvalue weighted by atomic mass is 16.5. The first kappa shape index (κ1) is 19.2. The number of rotatable bonds is 7. The van der Waals surface area contributed by atoms with E-state index >= 15 is 0 Å². The number of likely N-dealkylation sites (tertiary alicyclic amines) is 1. The van der Waals surface area contributed by atoms with Gasteiger partial charge in [0, 0.05) is 32.0 Å². The zero-order valence-corrected chi connectivity index (χ0v) is 14.9. The number of piperidine rings is 1. The fourth-order valence-electron chi connectivity index (χ4n) is 2.84. The summed E-state index contributed by atoms with van der Waals surface area (Å²) in [5.74, 6) is -0.235. The van der Waals surface area contributed by atoms with Crippen LogP contribution in [0.25, 0.3) is 0 Å². The van der Waals surface area contributed by atoms with Crippen molar-refractivity contribution in [2.24, 2.45) is 5.92 Å². The normalized spacial score (nSPS) is 15.6. The Morgan fingerprint density at radius 3 is 2.64 bits per heavy atom. The molecule has 2 rings (SSSR count).